The molecule has 0 bridgehead atoms. The molecule has 2 aliphatic heterocycles. The summed E-state index contributed by atoms with van der Waals surface area (Å²) in [7, 11) is 0. The maximum Gasteiger partial charge on any atom is 0.0124 e. The molecule has 0 radical (unpaired) electrons. The Morgan fingerprint density at radius 3 is 2.53 bits per heavy atom. The Hall–Kier alpha value is -0.0800. The minimum Gasteiger partial charge on any atom is -0.316 e. The van der Waals surface area contributed by atoms with Crippen LogP contribution >= 0.6 is 0 Å². The quantitative estimate of drug-likeness (QED) is 0.807. The van der Waals surface area contributed by atoms with Crippen LogP contribution in [0.15, 0.2) is 0 Å². The average Bonchev–Trinajstić information content (AvgIpc) is 2.82. The summed E-state index contributed by atoms with van der Waals surface area (Å²) in [6.07, 6.45) is 8.96. The van der Waals surface area contributed by atoms with E-state index >= 15 is 0 Å². The van der Waals surface area contributed by atoms with Gasteiger partial charge in [0.2, 0.25) is 0 Å². The van der Waals surface area contributed by atoms with E-state index < -0.39 is 0 Å². The first-order valence-corrected chi connectivity index (χ1v) is 7.79. The van der Waals surface area contributed by atoms with Crippen molar-refractivity contribution in [2.75, 3.05) is 26.2 Å². The van der Waals surface area contributed by atoms with Crippen molar-refractivity contribution in [1.82, 2.24) is 10.2 Å². The number of hydrogen-bond donors (Lipinski definition) is 1. The number of nitrogens with one attached hydrogen (secondary N) is 1. The second-order valence-corrected chi connectivity index (χ2v) is 6.64. The summed E-state index contributed by atoms with van der Waals surface area (Å²) in [4.78, 5) is 2.85. The van der Waals surface area contributed by atoms with E-state index in [1.807, 2.05) is 0 Å². The highest BCUT2D eigenvalue weighted by Crippen LogP contribution is 2.36. The number of likely N-dealkylation sites (tertiary alicyclic amines) is 1. The molecule has 1 N–H and O–H groups in total. The maximum atomic E-state index is 3.41. The lowest BCUT2D eigenvalue weighted by Crippen LogP contribution is -2.49. The summed E-state index contributed by atoms with van der Waals surface area (Å²) in [6, 6.07) is 0.952. The maximum absolute atomic E-state index is 3.41. The third kappa shape index (κ3) is 2.53. The fourth-order valence-electron chi connectivity index (χ4n) is 4.19. The first-order valence-electron chi connectivity index (χ1n) is 7.79. The molecule has 1 aliphatic carbocycles. The second-order valence-electron chi connectivity index (χ2n) is 6.64. The molecular weight excluding hydrogens is 208 g/mol. The molecule has 2 heteroatoms. The van der Waals surface area contributed by atoms with Crippen molar-refractivity contribution < 1.29 is 0 Å². The fraction of sp³-hybridized carbons (Fsp3) is 1.00. The van der Waals surface area contributed by atoms with Crippen molar-refractivity contribution in [3.63, 3.8) is 0 Å². The van der Waals surface area contributed by atoms with Gasteiger partial charge in [-0.1, -0.05) is 19.8 Å². The normalized spacial score (nSPS) is 34.1. The van der Waals surface area contributed by atoms with Crippen molar-refractivity contribution >= 4 is 0 Å². The molecule has 3 fully saturated rings. The van der Waals surface area contributed by atoms with Gasteiger partial charge in [-0.2, -0.15) is 0 Å². The number of nitrogens with zero attached hydrogens (tertiary/aromatic N) is 1. The van der Waals surface area contributed by atoms with Gasteiger partial charge < -0.3 is 5.32 Å². The van der Waals surface area contributed by atoms with Gasteiger partial charge in [-0.05, 0) is 63.1 Å². The van der Waals surface area contributed by atoms with Crippen LogP contribution in [0.2, 0.25) is 0 Å². The summed E-state index contributed by atoms with van der Waals surface area (Å²) < 4.78 is 0. The zero-order valence-electron chi connectivity index (χ0n) is 11.3. The molecule has 3 aliphatic rings. The molecule has 17 heavy (non-hydrogen) atoms. The topological polar surface area (TPSA) is 15.3 Å². The lowest BCUT2D eigenvalue weighted by Gasteiger charge is -2.37. The summed E-state index contributed by atoms with van der Waals surface area (Å²) >= 11 is 0. The van der Waals surface area contributed by atoms with Crippen LogP contribution in [0.1, 0.15) is 45.4 Å². The fourth-order valence-corrected chi connectivity index (χ4v) is 4.19. The van der Waals surface area contributed by atoms with Gasteiger partial charge >= 0.3 is 0 Å². The van der Waals surface area contributed by atoms with Gasteiger partial charge in [0.25, 0.3) is 0 Å². The molecule has 2 heterocycles. The van der Waals surface area contributed by atoms with Crippen LogP contribution in [0.4, 0.5) is 0 Å². The van der Waals surface area contributed by atoms with Gasteiger partial charge in [-0.15, -0.1) is 0 Å². The van der Waals surface area contributed by atoms with E-state index in [1.54, 1.807) is 0 Å². The summed E-state index contributed by atoms with van der Waals surface area (Å²) in [5, 5.41) is 3.41. The molecule has 0 aromatic heterocycles. The summed E-state index contributed by atoms with van der Waals surface area (Å²) in [6.45, 7) is 7.75. The van der Waals surface area contributed by atoms with Gasteiger partial charge in [0.15, 0.2) is 0 Å². The van der Waals surface area contributed by atoms with E-state index in [0.717, 1.165) is 23.8 Å². The molecule has 1 saturated carbocycles. The molecule has 0 amide bonds. The van der Waals surface area contributed by atoms with Crippen LogP contribution in [0.3, 0.4) is 0 Å². The Morgan fingerprint density at radius 1 is 1.12 bits per heavy atom. The SMILES string of the molecule is CC(CN1CCCC1C1CCCC1)C1CNC1. The molecule has 2 saturated heterocycles. The van der Waals surface area contributed by atoms with Gasteiger partial charge in [0, 0.05) is 12.6 Å². The second kappa shape index (κ2) is 5.27. The average molecular weight is 236 g/mol. The predicted octanol–water partition coefficient (Wildman–Crippen LogP) is 2.50. The van der Waals surface area contributed by atoms with E-state index in [4.69, 9.17) is 0 Å². The van der Waals surface area contributed by atoms with Crippen LogP contribution < -0.4 is 5.32 Å². The molecule has 0 aromatic carbocycles. The van der Waals surface area contributed by atoms with Gasteiger partial charge in [0.1, 0.15) is 0 Å². The van der Waals surface area contributed by atoms with E-state index in [0.29, 0.717) is 0 Å². The predicted molar refractivity (Wildman–Crippen MR) is 72.1 cm³/mol. The molecule has 98 valence electrons. The van der Waals surface area contributed by atoms with Crippen LogP contribution in [0, 0.1) is 17.8 Å². The van der Waals surface area contributed by atoms with Crippen molar-refractivity contribution in [3.05, 3.63) is 0 Å². The van der Waals surface area contributed by atoms with E-state index in [1.165, 1.54) is 64.7 Å². The van der Waals surface area contributed by atoms with Gasteiger partial charge in [0.05, 0.1) is 0 Å². The van der Waals surface area contributed by atoms with Crippen LogP contribution in [0.25, 0.3) is 0 Å². The highest BCUT2D eigenvalue weighted by molar-refractivity contribution is 4.90. The Kier molecular flexibility index (Phi) is 3.72. The molecule has 2 nitrogen and oxygen atoms in total. The number of rotatable bonds is 4. The molecule has 3 rings (SSSR count). The number of hydrogen-bond acceptors (Lipinski definition) is 2. The minimum atomic E-state index is 0.901. The lowest BCUT2D eigenvalue weighted by atomic mass is 9.87. The zero-order chi connectivity index (χ0) is 11.7. The first kappa shape index (κ1) is 12.0. The van der Waals surface area contributed by atoms with E-state index in [9.17, 15) is 0 Å². The minimum absolute atomic E-state index is 0.901. The molecule has 2 unspecified atom stereocenters. The van der Waals surface area contributed by atoms with Crippen LogP contribution in [-0.4, -0.2) is 37.1 Å². The standard InChI is InChI=1S/C15H28N2/c1-12(14-9-16-10-14)11-17-8-4-7-15(17)13-5-2-3-6-13/h12-16H,2-11H2,1H3. The molecule has 0 aromatic rings. The lowest BCUT2D eigenvalue weighted by molar-refractivity contribution is 0.129. The van der Waals surface area contributed by atoms with Crippen molar-refractivity contribution in [3.8, 4) is 0 Å². The Bertz CT molecular complexity index is 243. The van der Waals surface area contributed by atoms with Gasteiger partial charge in [-0.25, -0.2) is 0 Å². The smallest absolute Gasteiger partial charge is 0.0124 e. The third-order valence-corrected chi connectivity index (χ3v) is 5.50. The van der Waals surface area contributed by atoms with Crippen molar-refractivity contribution in [2.45, 2.75) is 51.5 Å². The van der Waals surface area contributed by atoms with Gasteiger partial charge in [-0.3, -0.25) is 4.90 Å². The highest BCUT2D eigenvalue weighted by Gasteiger charge is 2.35. The summed E-state index contributed by atoms with van der Waals surface area (Å²) in [5.41, 5.74) is 0. The molecule has 0 spiro atoms. The van der Waals surface area contributed by atoms with Crippen LogP contribution in [0.5, 0.6) is 0 Å². The van der Waals surface area contributed by atoms with E-state index in [2.05, 4.69) is 17.1 Å². The summed E-state index contributed by atoms with van der Waals surface area (Å²) in [5.74, 6) is 2.90. The highest BCUT2D eigenvalue weighted by atomic mass is 15.2. The molecule has 2 atom stereocenters. The Labute approximate surface area is 106 Å². The Morgan fingerprint density at radius 2 is 1.88 bits per heavy atom. The Balaban J connectivity index is 1.53. The van der Waals surface area contributed by atoms with Crippen molar-refractivity contribution in [2.24, 2.45) is 17.8 Å². The molecular formula is C15H28N2. The first-order chi connectivity index (χ1) is 8.34. The zero-order valence-corrected chi connectivity index (χ0v) is 11.3. The monoisotopic (exact) mass is 236 g/mol. The largest absolute Gasteiger partial charge is 0.316 e. The van der Waals surface area contributed by atoms with E-state index in [-0.39, 0.29) is 0 Å². The van der Waals surface area contributed by atoms with Crippen LogP contribution in [-0.2, 0) is 0 Å². The third-order valence-electron chi connectivity index (χ3n) is 5.50. The van der Waals surface area contributed by atoms with Crippen molar-refractivity contribution in [1.29, 1.82) is 0 Å².